The average Bonchev–Trinajstić information content (AvgIpc) is 3.15. The minimum absolute atomic E-state index is 0.000724. The normalized spacial score (nSPS) is 30.3. The Labute approximate surface area is 271 Å². The van der Waals surface area contributed by atoms with Gasteiger partial charge in [-0.25, -0.2) is 5.10 Å². The smallest absolute Gasteiger partial charge is 0.425 e. The molecule has 1 aromatic heterocycles. The fourth-order valence-corrected chi connectivity index (χ4v) is 8.34. The van der Waals surface area contributed by atoms with Gasteiger partial charge in [-0.3, -0.25) is 14.5 Å². The number of aromatic amines is 1. The van der Waals surface area contributed by atoms with Crippen LogP contribution < -0.4 is 15.6 Å². The summed E-state index contributed by atoms with van der Waals surface area (Å²) in [6.07, 6.45) is -1.66. The summed E-state index contributed by atoms with van der Waals surface area (Å²) in [5, 5.41) is 8.03. The van der Waals surface area contributed by atoms with Crippen LogP contribution in [0.4, 0.5) is 26.3 Å². The van der Waals surface area contributed by atoms with Gasteiger partial charge in [0.15, 0.2) is 11.3 Å². The van der Waals surface area contributed by atoms with Crippen LogP contribution >= 0.6 is 0 Å². The Hall–Kier alpha value is -2.39. The third kappa shape index (κ3) is 8.62. The van der Waals surface area contributed by atoms with Crippen LogP contribution in [-0.4, -0.2) is 95.2 Å². The molecule has 4 fully saturated rings. The van der Waals surface area contributed by atoms with Gasteiger partial charge in [-0.15, -0.1) is 0 Å². The average molecular weight is 680 g/mol. The maximum Gasteiger partial charge on any atom is 0.425 e. The van der Waals surface area contributed by atoms with Crippen molar-refractivity contribution < 1.29 is 40.6 Å². The molecule has 15 heteroatoms. The molecular weight excluding hydrogens is 632 g/mol. The number of halogens is 6. The summed E-state index contributed by atoms with van der Waals surface area (Å²) in [7, 11) is 0. The molecule has 3 aliphatic heterocycles. The summed E-state index contributed by atoms with van der Waals surface area (Å²) in [5.74, 6) is -0.474. The number of aromatic nitrogens is 2. The van der Waals surface area contributed by atoms with E-state index in [2.05, 4.69) is 22.2 Å². The van der Waals surface area contributed by atoms with E-state index in [9.17, 15) is 35.9 Å². The molecule has 2 N–H and O–H groups in total. The van der Waals surface area contributed by atoms with E-state index in [-0.39, 0.29) is 49.4 Å². The topological polar surface area (TPSA) is 99.8 Å². The molecule has 3 saturated heterocycles. The van der Waals surface area contributed by atoms with Crippen LogP contribution in [0.5, 0.6) is 5.75 Å². The fourth-order valence-electron chi connectivity index (χ4n) is 8.34. The minimum Gasteiger partial charge on any atom is -0.486 e. The van der Waals surface area contributed by atoms with Gasteiger partial charge in [0, 0.05) is 44.7 Å². The number of alkyl halides is 6. The zero-order chi connectivity index (χ0) is 33.9. The Kier molecular flexibility index (Phi) is 11.5. The van der Waals surface area contributed by atoms with Crippen molar-refractivity contribution in [1.82, 2.24) is 25.3 Å². The molecule has 5 rings (SSSR count). The number of piperidine rings is 1. The van der Waals surface area contributed by atoms with Crippen LogP contribution in [0.25, 0.3) is 0 Å². The Morgan fingerprint density at radius 2 is 1.66 bits per heavy atom. The summed E-state index contributed by atoms with van der Waals surface area (Å²) in [5.41, 5.74) is -2.89. The van der Waals surface area contributed by atoms with Gasteiger partial charge >= 0.3 is 12.4 Å². The van der Waals surface area contributed by atoms with Crippen LogP contribution in [0.15, 0.2) is 11.0 Å². The molecule has 0 aromatic carbocycles. The van der Waals surface area contributed by atoms with Gasteiger partial charge in [0.25, 0.3) is 11.5 Å². The van der Waals surface area contributed by atoms with E-state index < -0.39 is 47.5 Å². The number of likely N-dealkylation sites (tertiary alicyclic amines) is 2. The van der Waals surface area contributed by atoms with Crippen molar-refractivity contribution >= 4 is 5.91 Å². The molecule has 0 bridgehead atoms. The van der Waals surface area contributed by atoms with E-state index in [1.165, 1.54) is 6.92 Å². The van der Waals surface area contributed by atoms with E-state index in [0.29, 0.717) is 44.8 Å². The second-order valence-electron chi connectivity index (χ2n) is 13.9. The molecule has 1 saturated carbocycles. The molecule has 1 aromatic rings. The second kappa shape index (κ2) is 15.0. The SMILES string of the molecule is CC1C(C2CCCCCC2)CC(C(F)(F)F)NCC1N1CCC(N2CC[C@H](OC[C@H](C)Oc3cn[nH]c(=O)c3C(F)(F)F)C2=O)CC1. The lowest BCUT2D eigenvalue weighted by molar-refractivity contribution is -0.159. The Morgan fingerprint density at radius 1 is 0.979 bits per heavy atom. The second-order valence-corrected chi connectivity index (χ2v) is 13.9. The Balaban J connectivity index is 1.14. The monoisotopic (exact) mass is 679 g/mol. The quantitative estimate of drug-likeness (QED) is 0.290. The highest BCUT2D eigenvalue weighted by Gasteiger charge is 2.48. The van der Waals surface area contributed by atoms with Gasteiger partial charge < -0.3 is 19.7 Å². The van der Waals surface area contributed by atoms with Crippen LogP contribution in [0.3, 0.4) is 0 Å². The number of carbonyl (C=O) groups is 1. The maximum absolute atomic E-state index is 14.0. The van der Waals surface area contributed by atoms with Crippen molar-refractivity contribution in [2.45, 2.75) is 121 Å². The summed E-state index contributed by atoms with van der Waals surface area (Å²) in [6.45, 7) is 5.59. The predicted molar refractivity (Wildman–Crippen MR) is 161 cm³/mol. The van der Waals surface area contributed by atoms with Gasteiger partial charge in [0.2, 0.25) is 0 Å². The number of ether oxygens (including phenoxy) is 2. The molecule has 47 heavy (non-hydrogen) atoms. The standard InChI is InChI=1S/C32H47F6N5O4/c1-19(47-26-17-40-41-29(44)28(26)32(36,37)38)18-46-25-11-14-43(30(25)45)22-9-12-42(13-10-22)24-16-39-27(31(33,34)35)15-23(20(24)2)21-7-5-3-4-6-8-21/h17,19-25,27,39H,3-16,18H2,1-2H3,(H,41,44)/t19-,20?,23?,24?,25-,27?/m0/s1. The van der Waals surface area contributed by atoms with Gasteiger partial charge in [-0.05, 0) is 43.9 Å². The summed E-state index contributed by atoms with van der Waals surface area (Å²) >= 11 is 0. The molecule has 0 spiro atoms. The van der Waals surface area contributed by atoms with Crippen molar-refractivity contribution in [3.8, 4) is 5.75 Å². The highest BCUT2D eigenvalue weighted by Crippen LogP contribution is 2.42. The molecular formula is C32H47F6N5O4. The molecule has 266 valence electrons. The van der Waals surface area contributed by atoms with E-state index in [4.69, 9.17) is 9.47 Å². The van der Waals surface area contributed by atoms with Gasteiger partial charge in [-0.2, -0.15) is 31.4 Å². The van der Waals surface area contributed by atoms with Crippen molar-refractivity contribution in [2.75, 3.05) is 32.8 Å². The molecule has 0 radical (unpaired) electrons. The van der Waals surface area contributed by atoms with Crippen LogP contribution in [0.1, 0.15) is 83.6 Å². The predicted octanol–water partition coefficient (Wildman–Crippen LogP) is 5.15. The molecule has 9 nitrogen and oxygen atoms in total. The lowest BCUT2D eigenvalue weighted by Crippen LogP contribution is -2.54. The third-order valence-electron chi connectivity index (χ3n) is 10.8. The van der Waals surface area contributed by atoms with Crippen molar-refractivity contribution in [3.63, 3.8) is 0 Å². The van der Waals surface area contributed by atoms with Gasteiger partial charge in [0.05, 0.1) is 12.8 Å². The van der Waals surface area contributed by atoms with Crippen molar-refractivity contribution in [1.29, 1.82) is 0 Å². The number of carbonyl (C=O) groups excluding carboxylic acids is 1. The number of hydrogen-bond acceptors (Lipinski definition) is 7. The van der Waals surface area contributed by atoms with Crippen molar-refractivity contribution in [2.24, 2.45) is 17.8 Å². The maximum atomic E-state index is 14.0. The number of rotatable bonds is 8. The molecule has 4 heterocycles. The number of amides is 1. The van der Waals surface area contributed by atoms with Crippen LogP contribution in [-0.2, 0) is 15.7 Å². The Bertz CT molecular complexity index is 1250. The summed E-state index contributed by atoms with van der Waals surface area (Å²) in [4.78, 5) is 29.1. The van der Waals surface area contributed by atoms with Gasteiger partial charge in [-0.1, -0.05) is 45.4 Å². The van der Waals surface area contributed by atoms with E-state index in [0.717, 1.165) is 44.7 Å². The summed E-state index contributed by atoms with van der Waals surface area (Å²) in [6, 6.07) is -1.53. The Morgan fingerprint density at radius 3 is 2.30 bits per heavy atom. The van der Waals surface area contributed by atoms with Crippen molar-refractivity contribution in [3.05, 3.63) is 22.1 Å². The number of hydrogen-bond donors (Lipinski definition) is 2. The van der Waals surface area contributed by atoms with E-state index in [1.807, 2.05) is 0 Å². The third-order valence-corrected chi connectivity index (χ3v) is 10.8. The molecule has 1 aliphatic carbocycles. The fraction of sp³-hybridized carbons (Fsp3) is 0.844. The lowest BCUT2D eigenvalue weighted by atomic mass is 9.73. The minimum atomic E-state index is -4.93. The first kappa shape index (κ1) is 35.9. The zero-order valence-corrected chi connectivity index (χ0v) is 27.0. The number of nitrogens with one attached hydrogen (secondary N) is 2. The first-order valence-electron chi connectivity index (χ1n) is 17.0. The van der Waals surface area contributed by atoms with E-state index in [1.54, 1.807) is 10.00 Å². The first-order chi connectivity index (χ1) is 22.2. The number of H-pyrrole nitrogens is 1. The highest BCUT2D eigenvalue weighted by molar-refractivity contribution is 5.83. The first-order valence-corrected chi connectivity index (χ1v) is 17.0. The van der Waals surface area contributed by atoms with E-state index >= 15 is 0 Å². The highest BCUT2D eigenvalue weighted by atomic mass is 19.4. The lowest BCUT2D eigenvalue weighted by Gasteiger charge is -2.44. The largest absolute Gasteiger partial charge is 0.486 e. The molecule has 1 amide bonds. The number of nitrogens with zero attached hydrogens (tertiary/aromatic N) is 3. The zero-order valence-electron chi connectivity index (χ0n) is 27.0. The van der Waals surface area contributed by atoms with Crippen LogP contribution in [0.2, 0.25) is 0 Å². The van der Waals surface area contributed by atoms with Gasteiger partial charge in [0.1, 0.15) is 18.2 Å². The summed E-state index contributed by atoms with van der Waals surface area (Å²) < 4.78 is 93.2. The molecule has 4 unspecified atom stereocenters. The molecule has 4 aliphatic rings. The molecule has 6 atom stereocenters. The van der Waals surface area contributed by atoms with Crippen LogP contribution in [0, 0.1) is 17.8 Å².